The largest absolute Gasteiger partial charge is 0.493 e. The highest BCUT2D eigenvalue weighted by Crippen LogP contribution is 2.30. The molecule has 0 aliphatic rings. The van der Waals surface area contributed by atoms with Crippen LogP contribution in [0.25, 0.3) is 11.2 Å². The molecule has 0 unspecified atom stereocenters. The second kappa shape index (κ2) is 9.39. The minimum atomic E-state index is 0.463. The molecule has 0 saturated heterocycles. The third-order valence-electron chi connectivity index (χ3n) is 5.15. The lowest BCUT2D eigenvalue weighted by atomic mass is 10.2. The zero-order valence-electron chi connectivity index (χ0n) is 18.9. The van der Waals surface area contributed by atoms with Crippen molar-refractivity contribution in [3.63, 3.8) is 0 Å². The molecule has 3 heterocycles. The molecule has 4 rings (SSSR count). The van der Waals surface area contributed by atoms with Gasteiger partial charge in [0.15, 0.2) is 28.1 Å². The number of imidazole rings is 1. The van der Waals surface area contributed by atoms with Crippen molar-refractivity contribution >= 4 is 39.4 Å². The number of hydrogen-bond donors (Lipinski definition) is 2. The van der Waals surface area contributed by atoms with Gasteiger partial charge in [-0.15, -0.1) is 11.3 Å². The summed E-state index contributed by atoms with van der Waals surface area (Å²) in [5, 5.41) is 7.47. The van der Waals surface area contributed by atoms with E-state index in [0.717, 1.165) is 34.9 Å². The van der Waals surface area contributed by atoms with Crippen LogP contribution in [0.5, 0.6) is 11.5 Å². The minimum Gasteiger partial charge on any atom is -0.493 e. The van der Waals surface area contributed by atoms with Gasteiger partial charge in [-0.2, -0.15) is 9.97 Å². The maximum Gasteiger partial charge on any atom is 0.233 e. The molecule has 168 valence electrons. The molecule has 0 saturated carbocycles. The molecule has 3 aromatic heterocycles. The molecule has 32 heavy (non-hydrogen) atoms. The van der Waals surface area contributed by atoms with Crippen LogP contribution in [-0.2, 0) is 19.5 Å². The van der Waals surface area contributed by atoms with Crippen molar-refractivity contribution in [2.75, 3.05) is 24.9 Å². The number of rotatable bonds is 9. The van der Waals surface area contributed by atoms with Crippen molar-refractivity contribution in [2.45, 2.75) is 40.3 Å². The lowest BCUT2D eigenvalue weighted by molar-refractivity contribution is 0.354. The van der Waals surface area contributed by atoms with Gasteiger partial charge in [0, 0.05) is 18.0 Å². The van der Waals surface area contributed by atoms with Crippen molar-refractivity contribution in [1.29, 1.82) is 0 Å². The lowest BCUT2D eigenvalue weighted by Gasteiger charge is -2.12. The summed E-state index contributed by atoms with van der Waals surface area (Å²) in [5.74, 6) is 2.55. The quantitative estimate of drug-likeness (QED) is 0.381. The highest BCUT2D eigenvalue weighted by Gasteiger charge is 2.15. The van der Waals surface area contributed by atoms with Crippen LogP contribution in [0.3, 0.4) is 0 Å². The molecule has 4 aromatic rings. The number of thiazole rings is 1. The van der Waals surface area contributed by atoms with E-state index in [2.05, 4.69) is 39.4 Å². The van der Waals surface area contributed by atoms with E-state index in [0.29, 0.717) is 35.5 Å². The SMILES string of the molecule is CCc1sc(Nc2nc(NCc3ccc(OC)c(OC)c3)c3c(ncn3CC)n2)nc1C. The molecule has 10 heteroatoms. The van der Waals surface area contributed by atoms with Gasteiger partial charge in [-0.05, 0) is 38.0 Å². The first-order valence-electron chi connectivity index (χ1n) is 10.5. The average molecular weight is 454 g/mol. The number of hydrogen-bond acceptors (Lipinski definition) is 9. The first kappa shape index (κ1) is 21.8. The monoisotopic (exact) mass is 453 g/mol. The van der Waals surface area contributed by atoms with Crippen LogP contribution in [0.15, 0.2) is 24.5 Å². The topological polar surface area (TPSA) is 99.0 Å². The number of aryl methyl sites for hydroxylation is 3. The average Bonchev–Trinajstić information content (AvgIpc) is 3.39. The van der Waals surface area contributed by atoms with E-state index >= 15 is 0 Å². The summed E-state index contributed by atoms with van der Waals surface area (Å²) in [6, 6.07) is 5.84. The van der Waals surface area contributed by atoms with Gasteiger partial charge in [0.25, 0.3) is 0 Å². The van der Waals surface area contributed by atoms with Gasteiger partial charge >= 0.3 is 0 Å². The minimum absolute atomic E-state index is 0.463. The fourth-order valence-electron chi connectivity index (χ4n) is 3.48. The number of methoxy groups -OCH3 is 2. The van der Waals surface area contributed by atoms with E-state index in [1.807, 2.05) is 29.7 Å². The Morgan fingerprint density at radius 1 is 1.06 bits per heavy atom. The molecule has 0 atom stereocenters. The third-order valence-corrected chi connectivity index (χ3v) is 6.37. The summed E-state index contributed by atoms with van der Waals surface area (Å²) in [5.41, 5.74) is 3.56. The zero-order valence-corrected chi connectivity index (χ0v) is 19.7. The summed E-state index contributed by atoms with van der Waals surface area (Å²) in [4.78, 5) is 19.7. The second-order valence-electron chi connectivity index (χ2n) is 7.15. The standard InChI is InChI=1S/C22H27N7O2S/c1-6-17-13(3)25-22(32-17)28-21-26-19(18-20(27-21)24-12-29(18)7-2)23-11-14-8-9-15(30-4)16(10-14)31-5/h8-10,12H,6-7,11H2,1-5H3,(H2,23,25,26,27,28). The molecular weight excluding hydrogens is 426 g/mol. The Morgan fingerprint density at radius 3 is 2.56 bits per heavy atom. The fraction of sp³-hybridized carbons (Fsp3) is 0.364. The molecule has 0 fully saturated rings. The number of anilines is 3. The van der Waals surface area contributed by atoms with Gasteiger partial charge in [-0.1, -0.05) is 13.0 Å². The maximum absolute atomic E-state index is 5.42. The predicted molar refractivity (Wildman–Crippen MR) is 127 cm³/mol. The second-order valence-corrected chi connectivity index (χ2v) is 8.23. The zero-order chi connectivity index (χ0) is 22.7. The highest BCUT2D eigenvalue weighted by molar-refractivity contribution is 7.15. The molecule has 0 radical (unpaired) electrons. The van der Waals surface area contributed by atoms with Crippen LogP contribution >= 0.6 is 11.3 Å². The molecule has 9 nitrogen and oxygen atoms in total. The van der Waals surface area contributed by atoms with Gasteiger partial charge in [0.1, 0.15) is 5.52 Å². The summed E-state index contributed by atoms with van der Waals surface area (Å²) in [6.45, 7) is 7.53. The van der Waals surface area contributed by atoms with Gasteiger partial charge in [0.05, 0.1) is 26.2 Å². The Kier molecular flexibility index (Phi) is 6.40. The van der Waals surface area contributed by atoms with Crippen LogP contribution < -0.4 is 20.1 Å². The number of benzene rings is 1. The van der Waals surface area contributed by atoms with Crippen molar-refractivity contribution in [3.05, 3.63) is 40.7 Å². The van der Waals surface area contributed by atoms with Crippen LogP contribution in [0, 0.1) is 6.92 Å². The summed E-state index contributed by atoms with van der Waals surface area (Å²) < 4.78 is 12.8. The lowest BCUT2D eigenvalue weighted by Crippen LogP contribution is -2.08. The Morgan fingerprint density at radius 2 is 1.88 bits per heavy atom. The molecule has 0 spiro atoms. The number of ether oxygens (including phenoxy) is 2. The first-order chi connectivity index (χ1) is 15.6. The summed E-state index contributed by atoms with van der Waals surface area (Å²) in [7, 11) is 3.26. The molecule has 0 bridgehead atoms. The summed E-state index contributed by atoms with van der Waals surface area (Å²) in [6.07, 6.45) is 2.73. The number of aromatic nitrogens is 5. The number of fused-ring (bicyclic) bond motifs is 1. The van der Waals surface area contributed by atoms with Crippen LogP contribution in [0.4, 0.5) is 16.9 Å². The van der Waals surface area contributed by atoms with E-state index < -0.39 is 0 Å². The molecule has 0 aliphatic carbocycles. The Balaban J connectivity index is 1.65. The number of nitrogens with one attached hydrogen (secondary N) is 2. The van der Waals surface area contributed by atoms with Crippen LogP contribution in [0.2, 0.25) is 0 Å². The van der Waals surface area contributed by atoms with Crippen molar-refractivity contribution in [2.24, 2.45) is 0 Å². The third kappa shape index (κ3) is 4.31. The van der Waals surface area contributed by atoms with E-state index in [-0.39, 0.29) is 0 Å². The molecule has 0 amide bonds. The first-order valence-corrected chi connectivity index (χ1v) is 11.3. The van der Waals surface area contributed by atoms with Crippen molar-refractivity contribution < 1.29 is 9.47 Å². The van der Waals surface area contributed by atoms with E-state index in [1.165, 1.54) is 4.88 Å². The van der Waals surface area contributed by atoms with Gasteiger partial charge < -0.3 is 19.4 Å². The number of nitrogens with zero attached hydrogens (tertiary/aromatic N) is 5. The van der Waals surface area contributed by atoms with Gasteiger partial charge in [-0.3, -0.25) is 5.32 Å². The molecule has 2 N–H and O–H groups in total. The van der Waals surface area contributed by atoms with E-state index in [1.54, 1.807) is 31.9 Å². The van der Waals surface area contributed by atoms with Crippen LogP contribution in [-0.4, -0.2) is 38.7 Å². The van der Waals surface area contributed by atoms with Gasteiger partial charge in [0.2, 0.25) is 5.95 Å². The smallest absolute Gasteiger partial charge is 0.233 e. The van der Waals surface area contributed by atoms with E-state index in [9.17, 15) is 0 Å². The fourth-order valence-corrected chi connectivity index (χ4v) is 4.38. The maximum atomic E-state index is 5.42. The van der Waals surface area contributed by atoms with E-state index in [4.69, 9.17) is 14.5 Å². The Hall–Kier alpha value is -3.40. The highest BCUT2D eigenvalue weighted by atomic mass is 32.1. The molecule has 1 aromatic carbocycles. The Labute approximate surface area is 190 Å². The Bertz CT molecular complexity index is 1230. The van der Waals surface area contributed by atoms with Crippen LogP contribution in [0.1, 0.15) is 30.0 Å². The molecule has 0 aliphatic heterocycles. The summed E-state index contributed by atoms with van der Waals surface area (Å²) >= 11 is 1.62. The van der Waals surface area contributed by atoms with Crippen molar-refractivity contribution in [1.82, 2.24) is 24.5 Å². The predicted octanol–water partition coefficient (Wildman–Crippen LogP) is 4.55. The van der Waals surface area contributed by atoms with Gasteiger partial charge in [-0.25, -0.2) is 9.97 Å². The normalized spacial score (nSPS) is 11.0. The molecular formula is C22H27N7O2S. The van der Waals surface area contributed by atoms with Crippen molar-refractivity contribution in [3.8, 4) is 11.5 Å².